The molecule has 1 aliphatic rings. The quantitative estimate of drug-likeness (QED) is 0.521. The maximum atomic E-state index is 12.6. The minimum atomic E-state index is -0.500. The maximum Gasteiger partial charge on any atom is 0.270 e. The summed E-state index contributed by atoms with van der Waals surface area (Å²) in [6.45, 7) is 2.28. The Morgan fingerprint density at radius 2 is 1.83 bits per heavy atom. The van der Waals surface area contributed by atoms with Crippen LogP contribution in [0.3, 0.4) is 0 Å². The second kappa shape index (κ2) is 9.34. The number of nitrogens with zero attached hydrogens (tertiary/aromatic N) is 3. The van der Waals surface area contributed by atoms with E-state index in [4.69, 9.17) is 11.6 Å². The van der Waals surface area contributed by atoms with Crippen molar-refractivity contribution in [1.29, 1.82) is 0 Å². The van der Waals surface area contributed by atoms with Gasteiger partial charge in [0.15, 0.2) is 0 Å². The molecule has 0 radical (unpaired) electrons. The summed E-state index contributed by atoms with van der Waals surface area (Å²) in [5, 5.41) is 14.0. The highest BCUT2D eigenvalue weighted by atomic mass is 79.9. The molecule has 1 fully saturated rings. The Kier molecular flexibility index (Phi) is 6.83. The monoisotopic (exact) mass is 480 g/mol. The van der Waals surface area contributed by atoms with E-state index in [1.807, 2.05) is 4.90 Å². The summed E-state index contributed by atoms with van der Waals surface area (Å²) in [5.74, 6) is -0.347. The van der Waals surface area contributed by atoms with Crippen molar-refractivity contribution >= 4 is 50.7 Å². The van der Waals surface area contributed by atoms with Gasteiger partial charge in [0, 0.05) is 42.8 Å². The van der Waals surface area contributed by atoms with Crippen molar-refractivity contribution in [1.82, 2.24) is 9.80 Å². The second-order valence-electron chi connectivity index (χ2n) is 6.52. The summed E-state index contributed by atoms with van der Waals surface area (Å²) >= 11 is 9.33. The fourth-order valence-electron chi connectivity index (χ4n) is 3.03. The number of nitrogens with one attached hydrogen (secondary N) is 1. The van der Waals surface area contributed by atoms with Crippen molar-refractivity contribution in [2.75, 3.05) is 38.0 Å². The largest absolute Gasteiger partial charge is 0.336 e. The number of amides is 2. The number of benzene rings is 2. The molecule has 1 saturated heterocycles. The van der Waals surface area contributed by atoms with Gasteiger partial charge in [0.2, 0.25) is 5.91 Å². The number of carbonyl (C=O) groups excluding carboxylic acids is 2. The number of nitro groups is 1. The molecule has 152 valence electrons. The predicted octanol–water partition coefficient (Wildman–Crippen LogP) is 3.41. The van der Waals surface area contributed by atoms with Crippen molar-refractivity contribution in [3.8, 4) is 0 Å². The van der Waals surface area contributed by atoms with Gasteiger partial charge in [-0.2, -0.15) is 0 Å². The lowest BCUT2D eigenvalue weighted by Crippen LogP contribution is -2.50. The molecular formula is C19H18BrClN4O4. The molecule has 1 aliphatic heterocycles. The topological polar surface area (TPSA) is 95.8 Å². The summed E-state index contributed by atoms with van der Waals surface area (Å²) in [5.41, 5.74) is 0.880. The highest BCUT2D eigenvalue weighted by molar-refractivity contribution is 9.10. The molecule has 0 atom stereocenters. The molecule has 2 aromatic rings. The zero-order valence-corrected chi connectivity index (χ0v) is 17.6. The number of rotatable bonds is 5. The van der Waals surface area contributed by atoms with Crippen LogP contribution >= 0.6 is 27.5 Å². The Morgan fingerprint density at radius 1 is 1.14 bits per heavy atom. The molecule has 10 heteroatoms. The fraction of sp³-hybridized carbons (Fsp3) is 0.263. The third kappa shape index (κ3) is 5.31. The summed E-state index contributed by atoms with van der Waals surface area (Å²) < 4.78 is 0.440. The minimum Gasteiger partial charge on any atom is -0.336 e. The Morgan fingerprint density at radius 3 is 2.45 bits per heavy atom. The average Bonchev–Trinajstić information content (AvgIpc) is 2.70. The first kappa shape index (κ1) is 21.2. The Balaban J connectivity index is 1.52. The molecule has 1 N–H and O–H groups in total. The van der Waals surface area contributed by atoms with Crippen LogP contribution in [0.1, 0.15) is 10.4 Å². The molecule has 0 spiro atoms. The van der Waals surface area contributed by atoms with Crippen molar-refractivity contribution in [3.05, 3.63) is 67.6 Å². The van der Waals surface area contributed by atoms with E-state index in [0.717, 1.165) is 0 Å². The normalized spacial score (nSPS) is 14.5. The highest BCUT2D eigenvalue weighted by Crippen LogP contribution is 2.27. The maximum absolute atomic E-state index is 12.6. The van der Waals surface area contributed by atoms with Crippen molar-refractivity contribution in [2.24, 2.45) is 0 Å². The SMILES string of the molecule is O=C(CN1CCN(C(=O)c2ccccc2Cl)CC1)Nc1ccc([N+](=O)[O-])cc1Br. The van der Waals surface area contributed by atoms with Crippen LogP contribution in [0, 0.1) is 10.1 Å². The number of piperazine rings is 1. The molecule has 0 aliphatic carbocycles. The Labute approximate surface area is 180 Å². The zero-order chi connectivity index (χ0) is 21.0. The Hall–Kier alpha value is -2.49. The van der Waals surface area contributed by atoms with E-state index in [-0.39, 0.29) is 24.0 Å². The van der Waals surface area contributed by atoms with Crippen molar-refractivity contribution in [3.63, 3.8) is 0 Å². The lowest BCUT2D eigenvalue weighted by Gasteiger charge is -2.34. The summed E-state index contributed by atoms with van der Waals surface area (Å²) in [7, 11) is 0. The third-order valence-electron chi connectivity index (χ3n) is 4.57. The lowest BCUT2D eigenvalue weighted by atomic mass is 10.2. The van der Waals surface area contributed by atoms with E-state index in [1.54, 1.807) is 29.2 Å². The summed E-state index contributed by atoms with van der Waals surface area (Å²) in [6, 6.07) is 11.1. The van der Waals surface area contributed by atoms with Gasteiger partial charge in [0.25, 0.3) is 11.6 Å². The smallest absolute Gasteiger partial charge is 0.270 e. The van der Waals surface area contributed by atoms with Crippen LogP contribution in [0.2, 0.25) is 5.02 Å². The van der Waals surface area contributed by atoms with Gasteiger partial charge in [-0.3, -0.25) is 24.6 Å². The first-order valence-electron chi connectivity index (χ1n) is 8.85. The fourth-order valence-corrected chi connectivity index (χ4v) is 3.71. The summed E-state index contributed by atoms with van der Waals surface area (Å²) in [6.07, 6.45) is 0. The van der Waals surface area contributed by atoms with Crippen molar-refractivity contribution < 1.29 is 14.5 Å². The molecule has 2 amide bonds. The number of anilines is 1. The highest BCUT2D eigenvalue weighted by Gasteiger charge is 2.24. The first-order valence-corrected chi connectivity index (χ1v) is 10.0. The van der Waals surface area contributed by atoms with Crippen LogP contribution in [0.15, 0.2) is 46.9 Å². The number of carbonyl (C=O) groups is 2. The van der Waals surface area contributed by atoms with Gasteiger partial charge in [-0.1, -0.05) is 23.7 Å². The number of halogens is 2. The van der Waals surface area contributed by atoms with Gasteiger partial charge in [-0.25, -0.2) is 0 Å². The van der Waals surface area contributed by atoms with E-state index in [0.29, 0.717) is 46.9 Å². The standard InChI is InChI=1S/C19H18BrClN4O4/c20-15-11-13(25(28)29)5-6-17(15)22-18(26)12-23-7-9-24(10-8-23)19(27)14-3-1-2-4-16(14)21/h1-6,11H,7-10,12H2,(H,22,26). The zero-order valence-electron chi connectivity index (χ0n) is 15.3. The van der Waals surface area contributed by atoms with Gasteiger partial charge in [0.05, 0.1) is 27.7 Å². The van der Waals surface area contributed by atoms with Crippen LogP contribution in [-0.2, 0) is 4.79 Å². The van der Waals surface area contributed by atoms with Crippen LogP contribution < -0.4 is 5.32 Å². The van der Waals surface area contributed by atoms with Gasteiger partial charge in [-0.15, -0.1) is 0 Å². The molecule has 0 unspecified atom stereocenters. The van der Waals surface area contributed by atoms with Crippen molar-refractivity contribution in [2.45, 2.75) is 0 Å². The number of hydrogen-bond donors (Lipinski definition) is 1. The molecule has 1 heterocycles. The van der Waals surface area contributed by atoms with Crippen LogP contribution in [0.4, 0.5) is 11.4 Å². The minimum absolute atomic E-state index is 0.0609. The second-order valence-corrected chi connectivity index (χ2v) is 7.78. The van der Waals surface area contributed by atoms with E-state index in [9.17, 15) is 19.7 Å². The van der Waals surface area contributed by atoms with E-state index in [2.05, 4.69) is 21.2 Å². The molecule has 3 rings (SSSR count). The average molecular weight is 482 g/mol. The molecule has 0 aromatic heterocycles. The van der Waals surface area contributed by atoms with Crippen LogP contribution in [0.25, 0.3) is 0 Å². The van der Waals surface area contributed by atoms with E-state index < -0.39 is 4.92 Å². The number of hydrogen-bond acceptors (Lipinski definition) is 5. The molecule has 0 saturated carbocycles. The van der Waals surface area contributed by atoms with E-state index >= 15 is 0 Å². The Bertz CT molecular complexity index is 948. The molecule has 2 aromatic carbocycles. The van der Waals surface area contributed by atoms with Crippen LogP contribution in [-0.4, -0.2) is 59.3 Å². The predicted molar refractivity (Wildman–Crippen MR) is 113 cm³/mol. The summed E-state index contributed by atoms with van der Waals surface area (Å²) in [4.78, 5) is 38.9. The van der Waals surface area contributed by atoms with Gasteiger partial charge >= 0.3 is 0 Å². The molecular weight excluding hydrogens is 464 g/mol. The number of non-ortho nitro benzene ring substituents is 1. The van der Waals surface area contributed by atoms with E-state index in [1.165, 1.54) is 18.2 Å². The van der Waals surface area contributed by atoms with Gasteiger partial charge in [0.1, 0.15) is 0 Å². The third-order valence-corrected chi connectivity index (χ3v) is 5.55. The first-order chi connectivity index (χ1) is 13.8. The number of nitro benzene ring substituents is 1. The molecule has 0 bridgehead atoms. The van der Waals surface area contributed by atoms with Gasteiger partial charge in [-0.05, 0) is 34.1 Å². The van der Waals surface area contributed by atoms with Gasteiger partial charge < -0.3 is 10.2 Å². The van der Waals surface area contributed by atoms with Crippen LogP contribution in [0.5, 0.6) is 0 Å². The molecule has 8 nitrogen and oxygen atoms in total. The molecule has 29 heavy (non-hydrogen) atoms. The lowest BCUT2D eigenvalue weighted by molar-refractivity contribution is -0.384.